The number of methoxy groups -OCH3 is 1. The fourth-order valence-electron chi connectivity index (χ4n) is 2.75. The van der Waals surface area contributed by atoms with Crippen molar-refractivity contribution in [1.29, 1.82) is 0 Å². The van der Waals surface area contributed by atoms with Crippen LogP contribution in [0.4, 0.5) is 5.69 Å². The Kier molecular flexibility index (Phi) is 5.45. The van der Waals surface area contributed by atoms with Crippen LogP contribution in [0.5, 0.6) is 5.75 Å². The van der Waals surface area contributed by atoms with E-state index in [1.165, 1.54) is 11.1 Å². The monoisotopic (exact) mass is 313 g/mol. The van der Waals surface area contributed by atoms with Crippen LogP contribution < -0.4 is 15.0 Å². The van der Waals surface area contributed by atoms with Crippen LogP contribution in [0.2, 0.25) is 0 Å². The van der Waals surface area contributed by atoms with Crippen molar-refractivity contribution in [2.24, 2.45) is 0 Å². The van der Waals surface area contributed by atoms with E-state index in [0.29, 0.717) is 0 Å². The third-order valence-corrected chi connectivity index (χ3v) is 3.98. The molecule has 1 fully saturated rings. The predicted molar refractivity (Wildman–Crippen MR) is 90.8 cm³/mol. The first-order chi connectivity index (χ1) is 11.4. The lowest BCUT2D eigenvalue weighted by molar-refractivity contribution is 0.122. The molecule has 1 N–H and O–H groups in total. The van der Waals surface area contributed by atoms with Crippen molar-refractivity contribution in [1.82, 2.24) is 10.3 Å². The average molecular weight is 313 g/mol. The second-order valence-corrected chi connectivity index (χ2v) is 5.57. The van der Waals surface area contributed by atoms with Gasteiger partial charge in [0.2, 0.25) is 0 Å². The number of benzene rings is 1. The van der Waals surface area contributed by atoms with Crippen molar-refractivity contribution in [3.63, 3.8) is 0 Å². The molecule has 0 unspecified atom stereocenters. The van der Waals surface area contributed by atoms with Gasteiger partial charge in [-0.1, -0.05) is 12.1 Å². The minimum absolute atomic E-state index is 0.775. The summed E-state index contributed by atoms with van der Waals surface area (Å²) in [7, 11) is 1.73. The van der Waals surface area contributed by atoms with E-state index >= 15 is 0 Å². The molecule has 1 saturated heterocycles. The Hall–Kier alpha value is -2.11. The zero-order chi connectivity index (χ0) is 15.9. The number of hydrogen-bond acceptors (Lipinski definition) is 5. The Bertz CT molecular complexity index is 613. The standard InChI is InChI=1S/C18H23N3O2/c1-22-18-11-15(12-20-14-16-3-2-6-19-13-16)4-5-17(18)21-7-9-23-10-8-21/h2-6,11,13,20H,7-10,12,14H2,1H3. The van der Waals surface area contributed by atoms with Gasteiger partial charge in [0.25, 0.3) is 0 Å². The van der Waals surface area contributed by atoms with Crippen LogP contribution in [0.15, 0.2) is 42.7 Å². The Labute approximate surface area is 137 Å². The highest BCUT2D eigenvalue weighted by Crippen LogP contribution is 2.29. The van der Waals surface area contributed by atoms with Gasteiger partial charge in [-0.25, -0.2) is 0 Å². The van der Waals surface area contributed by atoms with E-state index < -0.39 is 0 Å². The summed E-state index contributed by atoms with van der Waals surface area (Å²) in [5.74, 6) is 0.924. The highest BCUT2D eigenvalue weighted by molar-refractivity contribution is 5.60. The zero-order valence-electron chi connectivity index (χ0n) is 13.5. The predicted octanol–water partition coefficient (Wildman–Crippen LogP) is 2.22. The molecule has 1 aliphatic rings. The van der Waals surface area contributed by atoms with Crippen molar-refractivity contribution >= 4 is 5.69 Å². The maximum atomic E-state index is 5.58. The summed E-state index contributed by atoms with van der Waals surface area (Å²) in [6.45, 7) is 4.98. The number of ether oxygens (including phenoxy) is 2. The zero-order valence-corrected chi connectivity index (χ0v) is 13.5. The number of pyridine rings is 1. The molecule has 0 spiro atoms. The SMILES string of the molecule is COc1cc(CNCc2cccnc2)ccc1N1CCOCC1. The van der Waals surface area contributed by atoms with Crippen LogP contribution in [0.3, 0.4) is 0 Å². The molecule has 0 amide bonds. The Morgan fingerprint density at radius 3 is 2.74 bits per heavy atom. The molecule has 1 aromatic heterocycles. The van der Waals surface area contributed by atoms with E-state index in [9.17, 15) is 0 Å². The molecular formula is C18H23N3O2. The topological polar surface area (TPSA) is 46.6 Å². The van der Waals surface area contributed by atoms with Crippen molar-refractivity contribution < 1.29 is 9.47 Å². The van der Waals surface area contributed by atoms with Crippen molar-refractivity contribution in [3.8, 4) is 5.75 Å². The maximum Gasteiger partial charge on any atom is 0.142 e. The van der Waals surface area contributed by atoms with Gasteiger partial charge in [-0.3, -0.25) is 4.98 Å². The van der Waals surface area contributed by atoms with Crippen LogP contribution in [0, 0.1) is 0 Å². The number of hydrogen-bond donors (Lipinski definition) is 1. The van der Waals surface area contributed by atoms with E-state index in [1.54, 1.807) is 13.3 Å². The summed E-state index contributed by atoms with van der Waals surface area (Å²) in [5.41, 5.74) is 3.54. The first-order valence-corrected chi connectivity index (χ1v) is 7.96. The van der Waals surface area contributed by atoms with E-state index in [2.05, 4.69) is 39.5 Å². The Balaban J connectivity index is 1.62. The molecule has 5 heteroatoms. The minimum Gasteiger partial charge on any atom is -0.495 e. The third-order valence-electron chi connectivity index (χ3n) is 3.98. The number of rotatable bonds is 6. The molecule has 0 aliphatic carbocycles. The fourth-order valence-corrected chi connectivity index (χ4v) is 2.75. The van der Waals surface area contributed by atoms with Crippen molar-refractivity contribution in [3.05, 3.63) is 53.9 Å². The van der Waals surface area contributed by atoms with Gasteiger partial charge in [-0.05, 0) is 29.3 Å². The second-order valence-electron chi connectivity index (χ2n) is 5.57. The molecule has 1 aromatic carbocycles. The molecular weight excluding hydrogens is 290 g/mol. The molecule has 2 aromatic rings. The highest BCUT2D eigenvalue weighted by atomic mass is 16.5. The summed E-state index contributed by atoms with van der Waals surface area (Å²) < 4.78 is 11.0. The van der Waals surface area contributed by atoms with Crippen molar-refractivity contribution in [2.75, 3.05) is 38.3 Å². The quantitative estimate of drug-likeness (QED) is 0.886. The van der Waals surface area contributed by atoms with E-state index in [-0.39, 0.29) is 0 Å². The lowest BCUT2D eigenvalue weighted by atomic mass is 10.1. The highest BCUT2D eigenvalue weighted by Gasteiger charge is 2.15. The minimum atomic E-state index is 0.775. The summed E-state index contributed by atoms with van der Waals surface area (Å²) in [5, 5.41) is 3.44. The van der Waals surface area contributed by atoms with Crippen molar-refractivity contribution in [2.45, 2.75) is 13.1 Å². The summed E-state index contributed by atoms with van der Waals surface area (Å²) >= 11 is 0. The maximum absolute atomic E-state index is 5.58. The molecule has 23 heavy (non-hydrogen) atoms. The molecule has 1 aliphatic heterocycles. The van der Waals surface area contributed by atoms with Gasteiger partial charge < -0.3 is 19.7 Å². The van der Waals surface area contributed by atoms with Crippen LogP contribution in [-0.2, 0) is 17.8 Å². The lowest BCUT2D eigenvalue weighted by Crippen LogP contribution is -2.36. The van der Waals surface area contributed by atoms with E-state index in [0.717, 1.165) is 50.8 Å². The van der Waals surface area contributed by atoms with Crippen LogP contribution in [0.1, 0.15) is 11.1 Å². The molecule has 3 rings (SSSR count). The normalized spacial score (nSPS) is 14.7. The van der Waals surface area contributed by atoms with Gasteiger partial charge in [-0.15, -0.1) is 0 Å². The number of nitrogens with one attached hydrogen (secondary N) is 1. The third kappa shape index (κ3) is 4.21. The molecule has 5 nitrogen and oxygen atoms in total. The number of morpholine rings is 1. The molecule has 0 radical (unpaired) electrons. The summed E-state index contributed by atoms with van der Waals surface area (Å²) in [4.78, 5) is 6.44. The number of aromatic nitrogens is 1. The van der Waals surface area contributed by atoms with Crippen LogP contribution in [-0.4, -0.2) is 38.4 Å². The van der Waals surface area contributed by atoms with Crippen LogP contribution >= 0.6 is 0 Å². The first-order valence-electron chi connectivity index (χ1n) is 7.96. The number of nitrogens with zero attached hydrogens (tertiary/aromatic N) is 2. The molecule has 0 saturated carbocycles. The van der Waals surface area contributed by atoms with Gasteiger partial charge in [0.15, 0.2) is 0 Å². The summed E-state index contributed by atoms with van der Waals surface area (Å²) in [6, 6.07) is 10.4. The number of anilines is 1. The van der Waals surface area contributed by atoms with Crippen LogP contribution in [0.25, 0.3) is 0 Å². The van der Waals surface area contributed by atoms with Gasteiger partial charge in [0.1, 0.15) is 5.75 Å². The second kappa shape index (κ2) is 7.94. The van der Waals surface area contributed by atoms with E-state index in [1.807, 2.05) is 12.3 Å². The van der Waals surface area contributed by atoms with Gasteiger partial charge in [-0.2, -0.15) is 0 Å². The Morgan fingerprint density at radius 1 is 1.17 bits per heavy atom. The average Bonchev–Trinajstić information content (AvgIpc) is 2.63. The van der Waals surface area contributed by atoms with Gasteiger partial charge in [0, 0.05) is 38.6 Å². The first kappa shape index (κ1) is 15.8. The van der Waals surface area contributed by atoms with E-state index in [4.69, 9.17) is 9.47 Å². The molecule has 0 bridgehead atoms. The van der Waals surface area contributed by atoms with Gasteiger partial charge >= 0.3 is 0 Å². The smallest absolute Gasteiger partial charge is 0.142 e. The molecule has 0 atom stereocenters. The summed E-state index contributed by atoms with van der Waals surface area (Å²) in [6.07, 6.45) is 3.67. The Morgan fingerprint density at radius 2 is 2.00 bits per heavy atom. The fraction of sp³-hybridized carbons (Fsp3) is 0.389. The molecule has 2 heterocycles. The van der Waals surface area contributed by atoms with Gasteiger partial charge in [0.05, 0.1) is 26.0 Å². The lowest BCUT2D eigenvalue weighted by Gasteiger charge is -2.30. The largest absolute Gasteiger partial charge is 0.495 e. The molecule has 122 valence electrons.